The Balaban J connectivity index is 2.15. The molecule has 84 valence electrons. The number of hydrogen-bond donors (Lipinski definition) is 1. The van der Waals surface area contributed by atoms with Crippen LogP contribution in [-0.2, 0) is 0 Å². The van der Waals surface area contributed by atoms with Gasteiger partial charge in [-0.1, -0.05) is 39.5 Å². The van der Waals surface area contributed by atoms with E-state index in [0.717, 1.165) is 12.6 Å². The van der Waals surface area contributed by atoms with Gasteiger partial charge in [0.05, 0.1) is 0 Å². The molecule has 1 aliphatic carbocycles. The minimum atomic E-state index is 0.290. The molecule has 1 rings (SSSR count). The van der Waals surface area contributed by atoms with Crippen LogP contribution < -0.4 is 5.32 Å². The van der Waals surface area contributed by atoms with Crippen molar-refractivity contribution in [1.29, 1.82) is 0 Å². The molecule has 0 amide bonds. The highest BCUT2D eigenvalue weighted by Gasteiger charge is 2.14. The van der Waals surface area contributed by atoms with Crippen molar-refractivity contribution < 1.29 is 0 Å². The van der Waals surface area contributed by atoms with Crippen molar-refractivity contribution in [3.05, 3.63) is 0 Å². The maximum atomic E-state index is 6.21. The lowest BCUT2D eigenvalue weighted by molar-refractivity contribution is 0.436. The zero-order valence-corrected chi connectivity index (χ0v) is 10.3. The number of hydrogen-bond acceptors (Lipinski definition) is 1. The van der Waals surface area contributed by atoms with Gasteiger partial charge in [-0.2, -0.15) is 0 Å². The lowest BCUT2D eigenvalue weighted by Crippen LogP contribution is -2.35. The molecule has 14 heavy (non-hydrogen) atoms. The first-order valence-electron chi connectivity index (χ1n) is 6.07. The van der Waals surface area contributed by atoms with Gasteiger partial charge in [0.15, 0.2) is 0 Å². The van der Waals surface area contributed by atoms with E-state index in [1.54, 1.807) is 0 Å². The smallest absolute Gasteiger partial charge is 0.0483 e. The molecule has 0 saturated heterocycles. The van der Waals surface area contributed by atoms with Crippen LogP contribution in [0.5, 0.6) is 0 Å². The predicted molar refractivity (Wildman–Crippen MR) is 64.0 cm³/mol. The zero-order valence-electron chi connectivity index (χ0n) is 9.56. The molecular weight excluding hydrogens is 194 g/mol. The summed E-state index contributed by atoms with van der Waals surface area (Å²) in [4.78, 5) is 0. The number of nitrogens with one attached hydrogen (secondary N) is 1. The van der Waals surface area contributed by atoms with E-state index in [0.29, 0.717) is 11.3 Å². The molecule has 0 aromatic rings. The normalized spacial score (nSPS) is 22.3. The van der Waals surface area contributed by atoms with Crippen LogP contribution in [0.15, 0.2) is 0 Å². The van der Waals surface area contributed by atoms with E-state index < -0.39 is 0 Å². The second kappa shape index (κ2) is 6.68. The number of halogens is 1. The third kappa shape index (κ3) is 4.65. The van der Waals surface area contributed by atoms with Crippen LogP contribution in [0.25, 0.3) is 0 Å². The van der Waals surface area contributed by atoms with E-state index in [9.17, 15) is 0 Å². The van der Waals surface area contributed by atoms with Crippen molar-refractivity contribution in [2.75, 3.05) is 6.54 Å². The fourth-order valence-corrected chi connectivity index (χ4v) is 2.09. The molecule has 1 unspecified atom stereocenters. The van der Waals surface area contributed by atoms with Gasteiger partial charge in [-0.3, -0.25) is 0 Å². The van der Waals surface area contributed by atoms with E-state index in [-0.39, 0.29) is 0 Å². The molecule has 1 aliphatic rings. The fraction of sp³-hybridized carbons (Fsp3) is 1.00. The fourth-order valence-electron chi connectivity index (χ4n) is 2.00. The zero-order chi connectivity index (χ0) is 10.4. The summed E-state index contributed by atoms with van der Waals surface area (Å²) in [6.45, 7) is 5.35. The van der Waals surface area contributed by atoms with E-state index >= 15 is 0 Å². The Morgan fingerprint density at radius 3 is 2.21 bits per heavy atom. The van der Waals surface area contributed by atoms with Crippen molar-refractivity contribution in [3.63, 3.8) is 0 Å². The largest absolute Gasteiger partial charge is 0.313 e. The molecular formula is C12H24ClN. The van der Waals surface area contributed by atoms with Crippen molar-refractivity contribution in [3.8, 4) is 0 Å². The number of alkyl halides is 1. The van der Waals surface area contributed by atoms with E-state index in [1.165, 1.54) is 38.5 Å². The minimum Gasteiger partial charge on any atom is -0.313 e. The maximum absolute atomic E-state index is 6.21. The number of rotatable bonds is 4. The maximum Gasteiger partial charge on any atom is 0.0483 e. The van der Waals surface area contributed by atoms with Crippen molar-refractivity contribution in [2.24, 2.45) is 5.92 Å². The minimum absolute atomic E-state index is 0.290. The standard InChI is InChI=1S/C12H24ClN/c1-10(2)12(13)9-14-11-7-5-3-4-6-8-11/h10-12,14H,3-9H2,1-2H3. The molecule has 2 heteroatoms. The van der Waals surface area contributed by atoms with Gasteiger partial charge in [0.25, 0.3) is 0 Å². The van der Waals surface area contributed by atoms with Gasteiger partial charge in [-0.25, -0.2) is 0 Å². The first-order chi connectivity index (χ1) is 6.70. The third-order valence-corrected chi connectivity index (χ3v) is 3.84. The van der Waals surface area contributed by atoms with Crippen LogP contribution in [-0.4, -0.2) is 18.0 Å². The van der Waals surface area contributed by atoms with Crippen molar-refractivity contribution in [1.82, 2.24) is 5.32 Å². The first kappa shape index (κ1) is 12.3. The summed E-state index contributed by atoms with van der Waals surface area (Å²) in [5.74, 6) is 0.579. The SMILES string of the molecule is CC(C)C(Cl)CNC1CCCCCC1. The topological polar surface area (TPSA) is 12.0 Å². The molecule has 0 heterocycles. The van der Waals surface area contributed by atoms with E-state index in [4.69, 9.17) is 11.6 Å². The summed E-state index contributed by atoms with van der Waals surface area (Å²) in [5.41, 5.74) is 0. The summed E-state index contributed by atoms with van der Waals surface area (Å²) in [5, 5.41) is 3.90. The molecule has 1 nitrogen and oxygen atoms in total. The lowest BCUT2D eigenvalue weighted by Gasteiger charge is -2.20. The van der Waals surface area contributed by atoms with Crippen LogP contribution in [0.4, 0.5) is 0 Å². The Kier molecular flexibility index (Phi) is 5.88. The summed E-state index contributed by atoms with van der Waals surface area (Å²) < 4.78 is 0. The molecule has 1 fully saturated rings. The Labute approximate surface area is 93.6 Å². The summed E-state index contributed by atoms with van der Waals surface area (Å²) in [6, 6.07) is 0.734. The Morgan fingerprint density at radius 2 is 1.71 bits per heavy atom. The van der Waals surface area contributed by atoms with Crippen LogP contribution in [0.3, 0.4) is 0 Å². The molecule has 0 aliphatic heterocycles. The van der Waals surface area contributed by atoms with Crippen LogP contribution in [0.2, 0.25) is 0 Å². The van der Waals surface area contributed by atoms with Crippen LogP contribution in [0, 0.1) is 5.92 Å². The van der Waals surface area contributed by atoms with Gasteiger partial charge in [-0.05, 0) is 18.8 Å². The summed E-state index contributed by atoms with van der Waals surface area (Å²) in [7, 11) is 0. The van der Waals surface area contributed by atoms with Crippen molar-refractivity contribution in [2.45, 2.75) is 63.8 Å². The van der Waals surface area contributed by atoms with E-state index in [2.05, 4.69) is 19.2 Å². The summed E-state index contributed by atoms with van der Waals surface area (Å²) >= 11 is 6.21. The highest BCUT2D eigenvalue weighted by Crippen LogP contribution is 2.17. The predicted octanol–water partition coefficient (Wildman–Crippen LogP) is 3.56. The molecule has 0 bridgehead atoms. The Bertz CT molecular complexity index is 139. The lowest BCUT2D eigenvalue weighted by atomic mass is 10.1. The highest BCUT2D eigenvalue weighted by molar-refractivity contribution is 6.20. The Hall–Kier alpha value is 0.250. The molecule has 1 atom stereocenters. The molecule has 1 N–H and O–H groups in total. The molecule has 0 radical (unpaired) electrons. The average Bonchev–Trinajstić information content (AvgIpc) is 2.42. The molecule has 0 spiro atoms. The van der Waals surface area contributed by atoms with Crippen LogP contribution >= 0.6 is 11.6 Å². The van der Waals surface area contributed by atoms with Crippen molar-refractivity contribution >= 4 is 11.6 Å². The molecule has 1 saturated carbocycles. The van der Waals surface area contributed by atoms with Gasteiger partial charge in [-0.15, -0.1) is 11.6 Å². The molecule has 0 aromatic carbocycles. The third-order valence-electron chi connectivity index (χ3n) is 3.18. The van der Waals surface area contributed by atoms with Gasteiger partial charge in [0, 0.05) is 18.0 Å². The van der Waals surface area contributed by atoms with Gasteiger partial charge >= 0.3 is 0 Å². The summed E-state index contributed by atoms with van der Waals surface area (Å²) in [6.07, 6.45) is 8.33. The average molecular weight is 218 g/mol. The van der Waals surface area contributed by atoms with Gasteiger partial charge < -0.3 is 5.32 Å². The highest BCUT2D eigenvalue weighted by atomic mass is 35.5. The van der Waals surface area contributed by atoms with Crippen LogP contribution in [0.1, 0.15) is 52.4 Å². The first-order valence-corrected chi connectivity index (χ1v) is 6.51. The van der Waals surface area contributed by atoms with Gasteiger partial charge in [0.1, 0.15) is 0 Å². The van der Waals surface area contributed by atoms with Gasteiger partial charge in [0.2, 0.25) is 0 Å². The second-order valence-corrected chi connectivity index (χ2v) is 5.42. The Morgan fingerprint density at radius 1 is 1.14 bits per heavy atom. The quantitative estimate of drug-likeness (QED) is 0.561. The second-order valence-electron chi connectivity index (χ2n) is 4.86. The van der Waals surface area contributed by atoms with E-state index in [1.807, 2.05) is 0 Å². The molecule has 0 aromatic heterocycles. The monoisotopic (exact) mass is 217 g/mol.